The van der Waals surface area contributed by atoms with Crippen LogP contribution in [0.15, 0.2) is 0 Å². The molecule has 16 nitrogen and oxygen atoms in total. The Morgan fingerprint density at radius 1 is 0.660 bits per heavy atom. The fraction of sp³-hybridized carbons (Fsp3) is 0.865. The van der Waals surface area contributed by atoms with E-state index in [2.05, 4.69) is 0 Å². The standard InChI is InChI=1S/C37H62O16/c1-11-23(10)35(45)51-32-25(17-46-26(39)12-19(2)3)52-37(18-47-27(40)13-20(4)5,34(32)50-29(42)15-22(8)9)53-36-33(49-28(41)14-21(6)7)31(44)30(43)24(16-38)48-36/h19-25,30-34,36,38,43-44H,11-18H2,1-10H3/t23?,24-,25-,30-,31+,32-,33-,34+,36-,37+/m1/s1. The highest BCUT2D eigenvalue weighted by Gasteiger charge is 2.64. The largest absolute Gasteiger partial charge is 0.463 e. The van der Waals surface area contributed by atoms with Crippen LogP contribution in [0, 0.1) is 29.6 Å². The van der Waals surface area contributed by atoms with Crippen LogP contribution in [-0.2, 0) is 61.9 Å². The number of hydrogen-bond acceptors (Lipinski definition) is 16. The molecule has 16 heteroatoms. The van der Waals surface area contributed by atoms with Gasteiger partial charge in [-0.2, -0.15) is 0 Å². The van der Waals surface area contributed by atoms with Crippen molar-refractivity contribution in [2.75, 3.05) is 19.8 Å². The van der Waals surface area contributed by atoms with Gasteiger partial charge in [0.15, 0.2) is 18.3 Å². The average Bonchev–Trinajstić information content (AvgIpc) is 3.31. The minimum Gasteiger partial charge on any atom is -0.463 e. The molecule has 2 saturated heterocycles. The number of aliphatic hydroxyl groups is 3. The molecule has 0 spiro atoms. The molecule has 2 heterocycles. The molecule has 0 aromatic carbocycles. The van der Waals surface area contributed by atoms with Gasteiger partial charge in [0, 0.05) is 25.7 Å². The lowest BCUT2D eigenvalue weighted by atomic mass is 9.98. The van der Waals surface area contributed by atoms with Gasteiger partial charge in [-0.1, -0.05) is 69.2 Å². The first-order valence-electron chi connectivity index (χ1n) is 18.6. The molecule has 10 atom stereocenters. The minimum atomic E-state index is -2.43. The molecule has 3 N–H and O–H groups in total. The summed E-state index contributed by atoms with van der Waals surface area (Å²) >= 11 is 0. The number of esters is 5. The van der Waals surface area contributed by atoms with Crippen molar-refractivity contribution in [3.63, 3.8) is 0 Å². The Labute approximate surface area is 312 Å². The van der Waals surface area contributed by atoms with Crippen LogP contribution in [0.1, 0.15) is 101 Å². The fourth-order valence-electron chi connectivity index (χ4n) is 5.59. The fourth-order valence-corrected chi connectivity index (χ4v) is 5.59. The molecule has 0 radical (unpaired) electrons. The molecule has 0 amide bonds. The van der Waals surface area contributed by atoms with Crippen molar-refractivity contribution in [1.29, 1.82) is 0 Å². The second kappa shape index (κ2) is 21.3. The number of hydrogen-bond donors (Lipinski definition) is 3. The number of aliphatic hydroxyl groups excluding tert-OH is 3. The van der Waals surface area contributed by atoms with E-state index in [1.807, 2.05) is 13.8 Å². The first-order valence-corrected chi connectivity index (χ1v) is 18.6. The Morgan fingerprint density at radius 3 is 1.68 bits per heavy atom. The third-order valence-corrected chi connectivity index (χ3v) is 8.52. The van der Waals surface area contributed by atoms with Gasteiger partial charge in [0.25, 0.3) is 0 Å². The van der Waals surface area contributed by atoms with Crippen LogP contribution in [0.4, 0.5) is 0 Å². The summed E-state index contributed by atoms with van der Waals surface area (Å²) in [5, 5.41) is 31.9. The van der Waals surface area contributed by atoms with E-state index in [0.717, 1.165) is 0 Å². The van der Waals surface area contributed by atoms with Crippen LogP contribution in [0.25, 0.3) is 0 Å². The lowest BCUT2D eigenvalue weighted by Gasteiger charge is -2.45. The van der Waals surface area contributed by atoms with Crippen LogP contribution in [0.3, 0.4) is 0 Å². The number of rotatable bonds is 20. The number of carbonyl (C=O) groups is 5. The Morgan fingerprint density at radius 2 is 1.17 bits per heavy atom. The molecular formula is C37H62O16. The predicted octanol–water partition coefficient (Wildman–Crippen LogP) is 2.59. The van der Waals surface area contributed by atoms with Crippen LogP contribution in [0.2, 0.25) is 0 Å². The van der Waals surface area contributed by atoms with Gasteiger partial charge in [0.2, 0.25) is 12.1 Å². The topological polar surface area (TPSA) is 220 Å². The molecule has 0 aromatic heterocycles. The lowest BCUT2D eigenvalue weighted by Crippen LogP contribution is -2.64. The van der Waals surface area contributed by atoms with Gasteiger partial charge in [-0.3, -0.25) is 24.0 Å². The maximum atomic E-state index is 13.4. The average molecular weight is 763 g/mol. The second-order valence-corrected chi connectivity index (χ2v) is 15.6. The maximum Gasteiger partial charge on any atom is 0.309 e. The van der Waals surface area contributed by atoms with Crippen LogP contribution >= 0.6 is 0 Å². The molecule has 2 aliphatic rings. The van der Waals surface area contributed by atoms with Gasteiger partial charge in [0.05, 0.1) is 12.5 Å². The molecule has 306 valence electrons. The minimum absolute atomic E-state index is 0.0383. The molecule has 0 aromatic rings. The third-order valence-electron chi connectivity index (χ3n) is 8.52. The Balaban J connectivity index is 2.79. The second-order valence-electron chi connectivity index (χ2n) is 15.6. The van der Waals surface area contributed by atoms with E-state index in [9.17, 15) is 39.3 Å². The normalized spacial score (nSPS) is 29.3. The van der Waals surface area contributed by atoms with E-state index in [0.29, 0.717) is 6.42 Å². The van der Waals surface area contributed by atoms with E-state index >= 15 is 0 Å². The Kier molecular flexibility index (Phi) is 18.6. The zero-order chi connectivity index (χ0) is 40.2. The summed E-state index contributed by atoms with van der Waals surface area (Å²) in [6.45, 7) is 15.5. The Bertz CT molecular complexity index is 1200. The summed E-state index contributed by atoms with van der Waals surface area (Å²) in [5.74, 6) is -7.14. The molecule has 2 rings (SSSR count). The summed E-state index contributed by atoms with van der Waals surface area (Å²) in [7, 11) is 0. The summed E-state index contributed by atoms with van der Waals surface area (Å²) in [6.07, 6.45) is -13.1. The van der Waals surface area contributed by atoms with Crippen molar-refractivity contribution < 1.29 is 77.2 Å². The van der Waals surface area contributed by atoms with Gasteiger partial charge in [-0.25, -0.2) is 0 Å². The van der Waals surface area contributed by atoms with Crippen molar-refractivity contribution in [1.82, 2.24) is 0 Å². The Hall–Kier alpha value is -2.89. The SMILES string of the molecule is CCC(C)C(=O)O[C@@H]1[C@@H](COC(=O)CC(C)C)O[C@@](COC(=O)CC(C)C)(O[C@H]2O[C@H](CO)[C@@H](O)[C@H](O)[C@H]2OC(=O)CC(C)C)[C@H]1OC(=O)CC(C)C. The van der Waals surface area contributed by atoms with Gasteiger partial charge in [-0.15, -0.1) is 0 Å². The summed E-state index contributed by atoms with van der Waals surface area (Å²) in [6, 6.07) is 0. The van der Waals surface area contributed by atoms with E-state index in [4.69, 9.17) is 37.9 Å². The lowest BCUT2D eigenvalue weighted by molar-refractivity contribution is -0.384. The van der Waals surface area contributed by atoms with Gasteiger partial charge in [-0.05, 0) is 30.1 Å². The van der Waals surface area contributed by atoms with Crippen LogP contribution in [0.5, 0.6) is 0 Å². The van der Waals surface area contributed by atoms with E-state index < -0.39 is 110 Å². The quantitative estimate of drug-likeness (QED) is 0.120. The highest BCUT2D eigenvalue weighted by Crippen LogP contribution is 2.41. The number of ether oxygens (including phenoxy) is 8. The molecule has 0 saturated carbocycles. The predicted molar refractivity (Wildman–Crippen MR) is 185 cm³/mol. The van der Waals surface area contributed by atoms with Gasteiger partial charge >= 0.3 is 29.8 Å². The monoisotopic (exact) mass is 762 g/mol. The van der Waals surface area contributed by atoms with Crippen LogP contribution in [-0.4, -0.2) is 120 Å². The first kappa shape index (κ1) is 46.3. The van der Waals surface area contributed by atoms with Gasteiger partial charge in [0.1, 0.15) is 37.6 Å². The first-order chi connectivity index (χ1) is 24.7. The molecule has 2 aliphatic heterocycles. The molecule has 1 unspecified atom stereocenters. The molecule has 0 bridgehead atoms. The maximum absolute atomic E-state index is 13.4. The molecule has 2 fully saturated rings. The van der Waals surface area contributed by atoms with E-state index in [1.165, 1.54) is 0 Å². The molecular weight excluding hydrogens is 700 g/mol. The highest BCUT2D eigenvalue weighted by molar-refractivity contribution is 5.73. The van der Waals surface area contributed by atoms with Crippen molar-refractivity contribution >= 4 is 29.8 Å². The van der Waals surface area contributed by atoms with Crippen molar-refractivity contribution in [3.05, 3.63) is 0 Å². The summed E-state index contributed by atoms with van der Waals surface area (Å²) in [4.78, 5) is 65.4. The van der Waals surface area contributed by atoms with E-state index in [1.54, 1.807) is 55.4 Å². The van der Waals surface area contributed by atoms with Crippen molar-refractivity contribution in [2.45, 2.75) is 156 Å². The van der Waals surface area contributed by atoms with Crippen molar-refractivity contribution in [3.8, 4) is 0 Å². The summed E-state index contributed by atoms with van der Waals surface area (Å²) < 4.78 is 47.3. The molecule has 0 aliphatic carbocycles. The smallest absolute Gasteiger partial charge is 0.309 e. The number of carbonyl (C=O) groups excluding carboxylic acids is 5. The van der Waals surface area contributed by atoms with Gasteiger partial charge < -0.3 is 53.2 Å². The third kappa shape index (κ3) is 14.0. The molecule has 53 heavy (non-hydrogen) atoms. The van der Waals surface area contributed by atoms with Crippen LogP contribution < -0.4 is 0 Å². The summed E-state index contributed by atoms with van der Waals surface area (Å²) in [5.41, 5.74) is 0. The zero-order valence-corrected chi connectivity index (χ0v) is 32.8. The van der Waals surface area contributed by atoms with Crippen molar-refractivity contribution in [2.24, 2.45) is 29.6 Å². The highest BCUT2D eigenvalue weighted by atomic mass is 16.8. The van der Waals surface area contributed by atoms with E-state index in [-0.39, 0.29) is 49.4 Å². The zero-order valence-electron chi connectivity index (χ0n) is 32.8.